The third kappa shape index (κ3) is 12.1. The van der Waals surface area contributed by atoms with Crippen LogP contribution in [0.3, 0.4) is 0 Å². The van der Waals surface area contributed by atoms with Gasteiger partial charge in [-0.05, 0) is 48.1 Å². The van der Waals surface area contributed by atoms with Crippen molar-refractivity contribution in [2.24, 2.45) is 16.0 Å². The molecule has 232 valence electrons. The van der Waals surface area contributed by atoms with E-state index in [2.05, 4.69) is 25.7 Å². The van der Waals surface area contributed by atoms with E-state index in [1.165, 1.54) is 7.11 Å². The number of guanidine groups is 1. The molecule has 2 aliphatic heterocycles. The summed E-state index contributed by atoms with van der Waals surface area (Å²) in [6.07, 6.45) is 2.35. The molecule has 3 rings (SSSR count). The Morgan fingerprint density at radius 3 is 2.67 bits per heavy atom. The van der Waals surface area contributed by atoms with Crippen molar-refractivity contribution in [3.63, 3.8) is 0 Å². The number of amides is 1. The summed E-state index contributed by atoms with van der Waals surface area (Å²) in [5.74, 6) is 0.585. The van der Waals surface area contributed by atoms with E-state index >= 15 is 0 Å². The van der Waals surface area contributed by atoms with Crippen LogP contribution in [0.2, 0.25) is 0 Å². The standard InChI is InChI=1S/C28H43N7O7/c1-38-26(36)20-23-18-22-4-5-25(42-11-3-8-32-28-30-6-2-7-31-28)19-24(22)21-35(27(23)37)10-13-40-15-17-41-16-14-39-12-9-33-34-29/h4-5,19,23H,2-3,6-18,20-21H2,1H3,(H2,30,31,32)/t23-/m0/s1. The minimum absolute atomic E-state index is 0.0241. The zero-order valence-corrected chi connectivity index (χ0v) is 24.4. The molecule has 1 aromatic rings. The molecule has 2 aliphatic rings. The third-order valence-corrected chi connectivity index (χ3v) is 6.73. The normalized spacial score (nSPS) is 16.4. The second-order valence-electron chi connectivity index (χ2n) is 9.80. The van der Waals surface area contributed by atoms with Crippen LogP contribution in [0.5, 0.6) is 5.75 Å². The fraction of sp³-hybridized carbons (Fsp3) is 0.679. The number of methoxy groups -OCH3 is 1. The summed E-state index contributed by atoms with van der Waals surface area (Å²) in [5.41, 5.74) is 10.2. The summed E-state index contributed by atoms with van der Waals surface area (Å²) in [6.45, 7) is 6.44. The van der Waals surface area contributed by atoms with Gasteiger partial charge in [-0.2, -0.15) is 0 Å². The van der Waals surface area contributed by atoms with Crippen molar-refractivity contribution < 1.29 is 33.3 Å². The van der Waals surface area contributed by atoms with E-state index in [1.807, 2.05) is 18.2 Å². The Bertz CT molecular complexity index is 1070. The van der Waals surface area contributed by atoms with E-state index in [1.54, 1.807) is 4.90 Å². The number of hydrogen-bond acceptors (Lipinski definition) is 11. The first-order valence-electron chi connectivity index (χ1n) is 14.5. The molecule has 1 amide bonds. The van der Waals surface area contributed by atoms with Crippen molar-refractivity contribution in [3.8, 4) is 5.75 Å². The van der Waals surface area contributed by atoms with Gasteiger partial charge in [0.2, 0.25) is 5.91 Å². The number of benzene rings is 1. The lowest BCUT2D eigenvalue weighted by Gasteiger charge is -2.24. The van der Waals surface area contributed by atoms with Crippen molar-refractivity contribution in [1.82, 2.24) is 15.5 Å². The average Bonchev–Trinajstić information content (AvgIpc) is 3.13. The molecule has 0 aromatic heterocycles. The molecule has 0 aliphatic carbocycles. The summed E-state index contributed by atoms with van der Waals surface area (Å²) < 4.78 is 27.3. The SMILES string of the molecule is COC(=O)C[C@@H]1Cc2ccc(OCCCNC3=NCCCN3)cc2CN(CCOCCOCCOCCN=[N+]=[N-])C1=O. The van der Waals surface area contributed by atoms with Crippen molar-refractivity contribution >= 4 is 17.8 Å². The summed E-state index contributed by atoms with van der Waals surface area (Å²) >= 11 is 0. The van der Waals surface area contributed by atoms with Crippen molar-refractivity contribution in [2.75, 3.05) is 86.1 Å². The van der Waals surface area contributed by atoms with Gasteiger partial charge in [-0.25, -0.2) is 0 Å². The minimum atomic E-state index is -0.505. The Morgan fingerprint density at radius 2 is 1.93 bits per heavy atom. The molecule has 2 heterocycles. The Morgan fingerprint density at radius 1 is 1.14 bits per heavy atom. The van der Waals surface area contributed by atoms with Gasteiger partial charge in [0.05, 0.1) is 65.7 Å². The van der Waals surface area contributed by atoms with Gasteiger partial charge in [0.15, 0.2) is 5.96 Å². The second-order valence-corrected chi connectivity index (χ2v) is 9.80. The van der Waals surface area contributed by atoms with Crippen LogP contribution < -0.4 is 15.4 Å². The predicted molar refractivity (Wildman–Crippen MR) is 155 cm³/mol. The van der Waals surface area contributed by atoms with Crippen molar-refractivity contribution in [2.45, 2.75) is 32.2 Å². The number of nitrogens with one attached hydrogen (secondary N) is 2. The van der Waals surface area contributed by atoms with Gasteiger partial charge < -0.3 is 39.2 Å². The second kappa shape index (κ2) is 19.5. The van der Waals surface area contributed by atoms with Gasteiger partial charge in [0.25, 0.3) is 0 Å². The highest BCUT2D eigenvalue weighted by Gasteiger charge is 2.31. The molecule has 0 spiro atoms. The summed E-state index contributed by atoms with van der Waals surface area (Å²) in [6, 6.07) is 5.89. The first-order chi connectivity index (χ1) is 20.6. The van der Waals surface area contributed by atoms with Crippen molar-refractivity contribution in [3.05, 3.63) is 39.8 Å². The Kier molecular flexibility index (Phi) is 15.3. The van der Waals surface area contributed by atoms with Gasteiger partial charge in [-0.1, -0.05) is 11.2 Å². The largest absolute Gasteiger partial charge is 0.494 e. The molecule has 1 atom stereocenters. The van der Waals surface area contributed by atoms with Crippen molar-refractivity contribution in [1.29, 1.82) is 0 Å². The molecule has 0 radical (unpaired) electrons. The van der Waals surface area contributed by atoms with E-state index in [4.69, 9.17) is 29.2 Å². The van der Waals surface area contributed by atoms with Crippen LogP contribution in [-0.2, 0) is 41.5 Å². The first kappa shape index (κ1) is 32.9. The molecular formula is C28H43N7O7. The Hall–Kier alpha value is -3.58. The molecule has 14 nitrogen and oxygen atoms in total. The number of rotatable bonds is 19. The predicted octanol–water partition coefficient (Wildman–Crippen LogP) is 1.82. The number of hydrogen-bond donors (Lipinski definition) is 2. The molecule has 2 N–H and O–H groups in total. The van der Waals surface area contributed by atoms with Gasteiger partial charge in [-0.3, -0.25) is 14.6 Å². The van der Waals surface area contributed by atoms with Gasteiger partial charge >= 0.3 is 5.97 Å². The number of carbonyl (C=O) groups excluding carboxylic acids is 2. The number of azide groups is 1. The highest BCUT2D eigenvalue weighted by Crippen LogP contribution is 2.28. The molecule has 14 heteroatoms. The number of esters is 1. The highest BCUT2D eigenvalue weighted by atomic mass is 16.5. The van der Waals surface area contributed by atoms with E-state index < -0.39 is 11.9 Å². The fourth-order valence-corrected chi connectivity index (χ4v) is 4.55. The van der Waals surface area contributed by atoms with Gasteiger partial charge in [0, 0.05) is 44.2 Å². The van der Waals surface area contributed by atoms with Gasteiger partial charge in [0.1, 0.15) is 5.75 Å². The molecule has 0 saturated carbocycles. The minimum Gasteiger partial charge on any atom is -0.494 e. The quantitative estimate of drug-likeness (QED) is 0.0804. The highest BCUT2D eigenvalue weighted by molar-refractivity contribution is 5.84. The van der Waals surface area contributed by atoms with Crippen LogP contribution in [0.25, 0.3) is 10.4 Å². The number of carbonyl (C=O) groups is 2. The lowest BCUT2D eigenvalue weighted by molar-refractivity contribution is -0.147. The maximum atomic E-state index is 13.4. The molecule has 1 aromatic carbocycles. The van der Waals surface area contributed by atoms with Crippen LogP contribution in [0.1, 0.15) is 30.4 Å². The van der Waals surface area contributed by atoms with Crippen LogP contribution in [0.15, 0.2) is 28.3 Å². The monoisotopic (exact) mass is 589 g/mol. The maximum absolute atomic E-state index is 13.4. The zero-order chi connectivity index (χ0) is 29.8. The first-order valence-corrected chi connectivity index (χ1v) is 14.5. The lowest BCUT2D eigenvalue weighted by atomic mass is 9.94. The third-order valence-electron chi connectivity index (χ3n) is 6.73. The Labute approximate surface area is 246 Å². The molecule has 0 unspecified atom stereocenters. The smallest absolute Gasteiger partial charge is 0.306 e. The van der Waals surface area contributed by atoms with E-state index in [0.29, 0.717) is 72.3 Å². The summed E-state index contributed by atoms with van der Waals surface area (Å²) in [4.78, 5) is 34.3. The lowest BCUT2D eigenvalue weighted by Crippen LogP contribution is -2.41. The molecular weight excluding hydrogens is 546 g/mol. The Balaban J connectivity index is 1.45. The molecule has 0 saturated heterocycles. The summed E-state index contributed by atoms with van der Waals surface area (Å²) in [5, 5.41) is 9.92. The fourth-order valence-electron chi connectivity index (χ4n) is 4.55. The molecule has 42 heavy (non-hydrogen) atoms. The maximum Gasteiger partial charge on any atom is 0.306 e. The zero-order valence-electron chi connectivity index (χ0n) is 24.4. The topological polar surface area (TPSA) is 169 Å². The molecule has 0 fully saturated rings. The van der Waals surface area contributed by atoms with E-state index in [-0.39, 0.29) is 12.3 Å². The van der Waals surface area contributed by atoms with Crippen LogP contribution in [-0.4, -0.2) is 109 Å². The van der Waals surface area contributed by atoms with E-state index in [9.17, 15) is 9.59 Å². The van der Waals surface area contributed by atoms with Gasteiger partial charge in [-0.15, -0.1) is 0 Å². The van der Waals surface area contributed by atoms with Crippen LogP contribution >= 0.6 is 0 Å². The molecule has 0 bridgehead atoms. The van der Waals surface area contributed by atoms with E-state index in [0.717, 1.165) is 55.3 Å². The number of aliphatic imine (C=N–C) groups is 1. The summed E-state index contributed by atoms with van der Waals surface area (Å²) in [7, 11) is 1.33. The average molecular weight is 590 g/mol. The van der Waals surface area contributed by atoms with Crippen LogP contribution in [0.4, 0.5) is 0 Å². The van der Waals surface area contributed by atoms with Crippen LogP contribution in [0, 0.1) is 5.92 Å². The number of ether oxygens (including phenoxy) is 5. The number of fused-ring (bicyclic) bond motifs is 1. The number of nitrogens with zero attached hydrogens (tertiary/aromatic N) is 5.